The van der Waals surface area contributed by atoms with Gasteiger partial charge in [0, 0.05) is 22.9 Å². The van der Waals surface area contributed by atoms with Gasteiger partial charge in [0.15, 0.2) is 0 Å². The van der Waals surface area contributed by atoms with Gasteiger partial charge >= 0.3 is 0 Å². The second kappa shape index (κ2) is 4.71. The highest BCUT2D eigenvalue weighted by Crippen LogP contribution is 2.33. The van der Waals surface area contributed by atoms with Crippen LogP contribution in [0.5, 0.6) is 0 Å². The molecule has 0 bridgehead atoms. The van der Waals surface area contributed by atoms with Crippen LogP contribution in [-0.2, 0) is 11.3 Å². The Kier molecular flexibility index (Phi) is 3.28. The summed E-state index contributed by atoms with van der Waals surface area (Å²) in [6.07, 6.45) is 0.347. The van der Waals surface area contributed by atoms with Crippen LogP contribution in [0.15, 0.2) is 24.3 Å². The number of carbonyl (C=O) groups is 1. The quantitative estimate of drug-likeness (QED) is 0.656. The molecule has 90 valence electrons. The van der Waals surface area contributed by atoms with Crippen LogP contribution in [0.2, 0.25) is 5.02 Å². The van der Waals surface area contributed by atoms with Gasteiger partial charge in [0.2, 0.25) is 11.9 Å². The Hall–Kier alpha value is -1.62. The summed E-state index contributed by atoms with van der Waals surface area (Å²) in [5, 5.41) is 13.7. The van der Waals surface area contributed by atoms with Gasteiger partial charge in [-0.1, -0.05) is 23.7 Å². The Morgan fingerprint density at radius 1 is 1.47 bits per heavy atom. The smallest absolute Gasteiger partial charge is 0.230 e. The van der Waals surface area contributed by atoms with Crippen molar-refractivity contribution >= 4 is 17.5 Å². The number of nitrogens with one attached hydrogen (secondary N) is 1. The fourth-order valence-electron chi connectivity index (χ4n) is 1.62. The van der Waals surface area contributed by atoms with Crippen molar-refractivity contribution in [3.8, 4) is 0 Å². The van der Waals surface area contributed by atoms with Gasteiger partial charge in [-0.2, -0.15) is 0 Å². The van der Waals surface area contributed by atoms with Crippen molar-refractivity contribution in [2.45, 2.75) is 19.0 Å². The zero-order valence-electron chi connectivity index (χ0n) is 8.93. The van der Waals surface area contributed by atoms with Crippen molar-refractivity contribution in [2.24, 2.45) is 5.92 Å². The molecule has 1 aromatic carbocycles. The average molecular weight is 255 g/mol. The molecule has 2 unspecified atom stereocenters. The van der Waals surface area contributed by atoms with E-state index in [0.717, 1.165) is 5.56 Å². The number of hydrogen-bond acceptors (Lipinski definition) is 3. The van der Waals surface area contributed by atoms with Gasteiger partial charge in [-0.25, -0.2) is 0 Å². The summed E-state index contributed by atoms with van der Waals surface area (Å²) in [6, 6.07) is 6.39. The van der Waals surface area contributed by atoms with Crippen LogP contribution in [0.1, 0.15) is 12.0 Å². The Morgan fingerprint density at radius 3 is 2.65 bits per heavy atom. The highest BCUT2D eigenvalue weighted by molar-refractivity contribution is 6.30. The number of amides is 1. The first kappa shape index (κ1) is 11.9. The van der Waals surface area contributed by atoms with E-state index in [4.69, 9.17) is 11.6 Å². The molecule has 5 nitrogen and oxygen atoms in total. The lowest BCUT2D eigenvalue weighted by molar-refractivity contribution is -0.497. The number of nitrogens with zero attached hydrogens (tertiary/aromatic N) is 1. The third-order valence-electron chi connectivity index (χ3n) is 2.74. The Labute approximate surface area is 103 Å². The summed E-state index contributed by atoms with van der Waals surface area (Å²) >= 11 is 5.73. The molecule has 2 atom stereocenters. The standard InChI is InChI=1S/C11H11ClN2O3/c12-8-3-1-7(2-4-8)6-13-11(15)9-5-10(9)14(16)17/h1-4,9-10H,5-6H2,(H,13,15). The van der Waals surface area contributed by atoms with Gasteiger partial charge in [-0.15, -0.1) is 0 Å². The number of hydrogen-bond donors (Lipinski definition) is 1. The fourth-order valence-corrected chi connectivity index (χ4v) is 1.74. The molecule has 0 spiro atoms. The van der Waals surface area contributed by atoms with Crippen LogP contribution in [0, 0.1) is 16.0 Å². The van der Waals surface area contributed by atoms with E-state index in [1.54, 1.807) is 24.3 Å². The largest absolute Gasteiger partial charge is 0.352 e. The first-order valence-corrected chi connectivity index (χ1v) is 5.61. The van der Waals surface area contributed by atoms with Crippen molar-refractivity contribution in [3.05, 3.63) is 45.0 Å². The number of carbonyl (C=O) groups excluding carboxylic acids is 1. The first-order chi connectivity index (χ1) is 8.08. The lowest BCUT2D eigenvalue weighted by Crippen LogP contribution is -2.26. The van der Waals surface area contributed by atoms with Gasteiger partial charge in [0.25, 0.3) is 0 Å². The van der Waals surface area contributed by atoms with Crippen molar-refractivity contribution < 1.29 is 9.72 Å². The van der Waals surface area contributed by atoms with E-state index in [9.17, 15) is 14.9 Å². The maximum Gasteiger partial charge on any atom is 0.230 e. The van der Waals surface area contributed by atoms with Crippen LogP contribution < -0.4 is 5.32 Å². The van der Waals surface area contributed by atoms with Gasteiger partial charge < -0.3 is 5.32 Å². The van der Waals surface area contributed by atoms with Crippen LogP contribution in [0.25, 0.3) is 0 Å². The lowest BCUT2D eigenvalue weighted by atomic mass is 10.2. The molecule has 1 aromatic rings. The van der Waals surface area contributed by atoms with E-state index in [1.807, 2.05) is 0 Å². The molecule has 1 aliphatic carbocycles. The molecular formula is C11H11ClN2O3. The Bertz CT molecular complexity index is 447. The summed E-state index contributed by atoms with van der Waals surface area (Å²) in [5.74, 6) is -0.709. The summed E-state index contributed by atoms with van der Waals surface area (Å²) in [6.45, 7) is 0.372. The van der Waals surface area contributed by atoms with Crippen molar-refractivity contribution in [3.63, 3.8) is 0 Å². The lowest BCUT2D eigenvalue weighted by Gasteiger charge is -2.03. The van der Waals surface area contributed by atoms with Crippen LogP contribution in [0.4, 0.5) is 0 Å². The van der Waals surface area contributed by atoms with Gasteiger partial charge in [-0.05, 0) is 17.7 Å². The number of benzene rings is 1. The monoisotopic (exact) mass is 254 g/mol. The molecule has 1 N–H and O–H groups in total. The van der Waals surface area contributed by atoms with E-state index in [0.29, 0.717) is 18.0 Å². The molecule has 17 heavy (non-hydrogen) atoms. The molecule has 0 aromatic heterocycles. The minimum atomic E-state index is -0.694. The zero-order valence-corrected chi connectivity index (χ0v) is 9.68. The minimum absolute atomic E-state index is 0.248. The Balaban J connectivity index is 1.81. The molecule has 0 saturated heterocycles. The topological polar surface area (TPSA) is 72.2 Å². The second-order valence-electron chi connectivity index (χ2n) is 4.04. The third kappa shape index (κ3) is 2.94. The summed E-state index contributed by atoms with van der Waals surface area (Å²) < 4.78 is 0. The van der Waals surface area contributed by atoms with Crippen molar-refractivity contribution in [1.82, 2.24) is 5.32 Å². The highest BCUT2D eigenvalue weighted by atomic mass is 35.5. The third-order valence-corrected chi connectivity index (χ3v) is 3.00. The SMILES string of the molecule is O=C(NCc1ccc(Cl)cc1)C1CC1[N+](=O)[O-]. The van der Waals surface area contributed by atoms with Crippen LogP contribution in [0.3, 0.4) is 0 Å². The minimum Gasteiger partial charge on any atom is -0.352 e. The molecule has 0 radical (unpaired) electrons. The maximum absolute atomic E-state index is 11.5. The molecule has 0 heterocycles. The molecule has 6 heteroatoms. The van der Waals surface area contributed by atoms with Gasteiger partial charge in [0.05, 0.1) is 0 Å². The van der Waals surface area contributed by atoms with Gasteiger partial charge in [-0.3, -0.25) is 14.9 Å². The summed E-state index contributed by atoms with van der Waals surface area (Å²) in [5.41, 5.74) is 0.918. The van der Waals surface area contributed by atoms with Gasteiger partial charge in [0.1, 0.15) is 5.92 Å². The highest BCUT2D eigenvalue weighted by Gasteiger charge is 2.53. The van der Waals surface area contributed by atoms with E-state index < -0.39 is 16.9 Å². The average Bonchev–Trinajstić information content (AvgIpc) is 3.08. The van der Waals surface area contributed by atoms with E-state index in [1.165, 1.54) is 0 Å². The van der Waals surface area contributed by atoms with Crippen molar-refractivity contribution in [1.29, 1.82) is 0 Å². The molecule has 1 amide bonds. The molecule has 1 aliphatic rings. The van der Waals surface area contributed by atoms with E-state index >= 15 is 0 Å². The van der Waals surface area contributed by atoms with Crippen LogP contribution >= 0.6 is 11.6 Å². The first-order valence-electron chi connectivity index (χ1n) is 5.23. The molecule has 2 rings (SSSR count). The molecule has 1 saturated carbocycles. The summed E-state index contributed by atoms with van der Waals surface area (Å²) in [7, 11) is 0. The number of halogens is 1. The zero-order chi connectivity index (χ0) is 12.4. The van der Waals surface area contributed by atoms with Crippen LogP contribution in [-0.4, -0.2) is 16.9 Å². The summed E-state index contributed by atoms with van der Waals surface area (Å²) in [4.78, 5) is 21.5. The second-order valence-corrected chi connectivity index (χ2v) is 4.48. The number of rotatable bonds is 4. The fraction of sp³-hybridized carbons (Fsp3) is 0.364. The van der Waals surface area contributed by atoms with E-state index in [-0.39, 0.29) is 5.91 Å². The van der Waals surface area contributed by atoms with Crippen molar-refractivity contribution in [2.75, 3.05) is 0 Å². The Morgan fingerprint density at radius 2 is 2.12 bits per heavy atom. The predicted molar refractivity (Wildman–Crippen MR) is 62.2 cm³/mol. The van der Waals surface area contributed by atoms with E-state index in [2.05, 4.69) is 5.32 Å². The number of nitro groups is 1. The molecular weight excluding hydrogens is 244 g/mol. The molecule has 0 aliphatic heterocycles. The molecule has 1 fully saturated rings. The maximum atomic E-state index is 11.5. The predicted octanol–water partition coefficient (Wildman–Crippen LogP) is 1.62. The normalized spacial score (nSPS) is 21.9.